The third-order valence-corrected chi connectivity index (χ3v) is 9.50. The van der Waals surface area contributed by atoms with E-state index >= 15 is 0 Å². The normalized spacial score (nSPS) is 13.8. The number of nitrogens with zero attached hydrogens (tertiary/aromatic N) is 5. The molecule has 44 heavy (non-hydrogen) atoms. The maximum atomic E-state index is 14.2. The first-order chi connectivity index (χ1) is 21.2. The van der Waals surface area contributed by atoms with Crippen molar-refractivity contribution in [3.8, 4) is 17.0 Å². The fourth-order valence-corrected chi connectivity index (χ4v) is 7.14. The minimum Gasteiger partial charge on any atom is -0.497 e. The molecule has 1 aliphatic carbocycles. The fourth-order valence-electron chi connectivity index (χ4n) is 5.52. The molecule has 11 heteroatoms. The number of thioether (sulfide) groups is 1. The predicted molar refractivity (Wildman–Crippen MR) is 177 cm³/mol. The van der Waals surface area contributed by atoms with E-state index in [1.807, 2.05) is 92.8 Å². The van der Waals surface area contributed by atoms with E-state index in [1.165, 1.54) is 23.1 Å². The molecule has 5 rings (SSSR count). The molecule has 230 valence electrons. The number of benzene rings is 2. The van der Waals surface area contributed by atoms with Crippen LogP contribution >= 0.6 is 23.1 Å². The van der Waals surface area contributed by atoms with Crippen LogP contribution in [0.15, 0.2) is 65.1 Å². The van der Waals surface area contributed by atoms with E-state index in [0.717, 1.165) is 51.9 Å². The van der Waals surface area contributed by atoms with Crippen LogP contribution in [0, 0.1) is 13.8 Å². The molecule has 0 unspecified atom stereocenters. The standard InChI is InChI=1S/C33H38N6O3S2/c1-22-18-23(2)35-32(34-22)44-21-30(40)39(19-29-37-28(20-43-29)24-8-14-27(42-5)15-9-24)33(16-6-7-17-33)31(41)36-25-10-12-26(13-11-25)38(3)4/h8-15,18,20H,6-7,16-17,19,21H2,1-5H3,(H,36,41). The molecule has 0 atom stereocenters. The van der Waals surface area contributed by atoms with Gasteiger partial charge in [0.25, 0.3) is 0 Å². The highest BCUT2D eigenvalue weighted by Gasteiger charge is 2.48. The van der Waals surface area contributed by atoms with Gasteiger partial charge in [0.05, 0.1) is 25.1 Å². The number of anilines is 2. The maximum absolute atomic E-state index is 14.2. The number of nitrogens with one attached hydrogen (secondary N) is 1. The molecule has 2 aromatic heterocycles. The number of hydrogen-bond acceptors (Lipinski definition) is 9. The van der Waals surface area contributed by atoms with Crippen molar-refractivity contribution in [1.29, 1.82) is 0 Å². The lowest BCUT2D eigenvalue weighted by molar-refractivity contribution is -0.144. The number of aromatic nitrogens is 3. The SMILES string of the molecule is COc1ccc(-c2csc(CN(C(=O)CSc3nc(C)cc(C)n3)C3(C(=O)Nc4ccc(N(C)C)cc4)CCCC3)n2)cc1. The van der Waals surface area contributed by atoms with E-state index in [9.17, 15) is 9.59 Å². The van der Waals surface area contributed by atoms with Gasteiger partial charge in [-0.15, -0.1) is 11.3 Å². The number of amides is 2. The second-order valence-electron chi connectivity index (χ2n) is 11.2. The average Bonchev–Trinajstić information content (AvgIpc) is 3.70. The van der Waals surface area contributed by atoms with Crippen molar-refractivity contribution in [1.82, 2.24) is 19.9 Å². The molecule has 0 bridgehead atoms. The van der Waals surface area contributed by atoms with Crippen LogP contribution in [-0.4, -0.2) is 64.2 Å². The van der Waals surface area contributed by atoms with Crippen LogP contribution < -0.4 is 15.0 Å². The van der Waals surface area contributed by atoms with Crippen molar-refractivity contribution in [3.63, 3.8) is 0 Å². The van der Waals surface area contributed by atoms with Crippen LogP contribution in [0.25, 0.3) is 11.3 Å². The molecule has 1 aliphatic rings. The van der Waals surface area contributed by atoms with Gasteiger partial charge in [-0.05, 0) is 81.3 Å². The number of carbonyl (C=O) groups excluding carboxylic acids is 2. The number of carbonyl (C=O) groups is 2. The van der Waals surface area contributed by atoms with E-state index < -0.39 is 5.54 Å². The summed E-state index contributed by atoms with van der Waals surface area (Å²) in [6.45, 7) is 4.07. The summed E-state index contributed by atoms with van der Waals surface area (Å²) in [5, 5.41) is 6.45. The Morgan fingerprint density at radius 1 is 0.977 bits per heavy atom. The highest BCUT2D eigenvalue weighted by Crippen LogP contribution is 2.39. The number of thiazole rings is 1. The summed E-state index contributed by atoms with van der Waals surface area (Å²) in [5.74, 6) is 0.586. The Morgan fingerprint density at radius 2 is 1.64 bits per heavy atom. The van der Waals surface area contributed by atoms with Gasteiger partial charge in [0, 0.05) is 47.8 Å². The monoisotopic (exact) mass is 630 g/mol. The summed E-state index contributed by atoms with van der Waals surface area (Å²) in [7, 11) is 5.59. The van der Waals surface area contributed by atoms with Crippen LogP contribution in [-0.2, 0) is 16.1 Å². The Bertz CT molecular complexity index is 1580. The van der Waals surface area contributed by atoms with Gasteiger partial charge in [-0.3, -0.25) is 9.59 Å². The second-order valence-corrected chi connectivity index (χ2v) is 13.1. The summed E-state index contributed by atoms with van der Waals surface area (Å²) in [6, 6.07) is 17.4. The van der Waals surface area contributed by atoms with Gasteiger partial charge in [0.1, 0.15) is 16.3 Å². The summed E-state index contributed by atoms with van der Waals surface area (Å²) < 4.78 is 5.29. The Labute approximate surface area is 267 Å². The van der Waals surface area contributed by atoms with Crippen LogP contribution in [0.5, 0.6) is 5.75 Å². The molecule has 1 saturated carbocycles. The largest absolute Gasteiger partial charge is 0.497 e. The van der Waals surface area contributed by atoms with E-state index in [-0.39, 0.29) is 24.1 Å². The summed E-state index contributed by atoms with van der Waals surface area (Å²) in [5.41, 5.74) is 4.24. The van der Waals surface area contributed by atoms with Gasteiger partial charge in [-0.1, -0.05) is 24.6 Å². The number of methoxy groups -OCH3 is 1. The highest BCUT2D eigenvalue weighted by molar-refractivity contribution is 7.99. The van der Waals surface area contributed by atoms with Crippen LogP contribution in [0.2, 0.25) is 0 Å². The molecule has 0 spiro atoms. The third kappa shape index (κ3) is 7.22. The predicted octanol–water partition coefficient (Wildman–Crippen LogP) is 6.36. The highest BCUT2D eigenvalue weighted by atomic mass is 32.2. The zero-order chi connectivity index (χ0) is 31.3. The Morgan fingerprint density at radius 3 is 2.25 bits per heavy atom. The molecular formula is C33H38N6O3S2. The molecule has 0 radical (unpaired) electrons. The summed E-state index contributed by atoms with van der Waals surface area (Å²) >= 11 is 2.79. The number of rotatable bonds is 11. The number of aryl methyl sites for hydroxylation is 2. The maximum Gasteiger partial charge on any atom is 0.250 e. The van der Waals surface area contributed by atoms with Crippen LogP contribution in [0.3, 0.4) is 0 Å². The number of ether oxygens (including phenoxy) is 1. The van der Waals surface area contributed by atoms with Crippen LogP contribution in [0.4, 0.5) is 11.4 Å². The topological polar surface area (TPSA) is 101 Å². The zero-order valence-electron chi connectivity index (χ0n) is 25.8. The smallest absolute Gasteiger partial charge is 0.250 e. The van der Waals surface area contributed by atoms with Crippen molar-refractivity contribution in [3.05, 3.63) is 76.4 Å². The van der Waals surface area contributed by atoms with Gasteiger partial charge < -0.3 is 19.9 Å². The molecule has 2 amide bonds. The van der Waals surface area contributed by atoms with Gasteiger partial charge in [-0.25, -0.2) is 15.0 Å². The summed E-state index contributed by atoms with van der Waals surface area (Å²) in [4.78, 5) is 46.0. The van der Waals surface area contributed by atoms with Crippen molar-refractivity contribution in [2.45, 2.75) is 56.8 Å². The zero-order valence-corrected chi connectivity index (χ0v) is 27.4. The molecular weight excluding hydrogens is 593 g/mol. The first kappa shape index (κ1) is 31.5. The lowest BCUT2D eigenvalue weighted by Crippen LogP contribution is -2.57. The van der Waals surface area contributed by atoms with E-state index in [0.29, 0.717) is 23.7 Å². The molecule has 1 N–H and O–H groups in total. The Hall–Kier alpha value is -3.96. The minimum absolute atomic E-state index is 0.117. The van der Waals surface area contributed by atoms with Crippen LogP contribution in [0.1, 0.15) is 42.1 Å². The molecule has 2 heterocycles. The molecule has 9 nitrogen and oxygen atoms in total. The average molecular weight is 631 g/mol. The van der Waals surface area contributed by atoms with Gasteiger partial charge in [-0.2, -0.15) is 0 Å². The summed E-state index contributed by atoms with van der Waals surface area (Å²) in [6.07, 6.45) is 2.89. The molecule has 4 aromatic rings. The van der Waals surface area contributed by atoms with Crippen molar-refractivity contribution in [2.75, 3.05) is 37.2 Å². The lowest BCUT2D eigenvalue weighted by atomic mass is 9.93. The van der Waals surface area contributed by atoms with E-state index in [2.05, 4.69) is 15.3 Å². The van der Waals surface area contributed by atoms with E-state index in [4.69, 9.17) is 9.72 Å². The van der Waals surface area contributed by atoms with Crippen molar-refractivity contribution >= 4 is 46.3 Å². The quantitative estimate of drug-likeness (QED) is 0.151. The number of hydrogen-bond donors (Lipinski definition) is 1. The minimum atomic E-state index is -0.993. The van der Waals surface area contributed by atoms with E-state index in [1.54, 1.807) is 12.0 Å². The third-order valence-electron chi connectivity index (χ3n) is 7.83. The van der Waals surface area contributed by atoms with Gasteiger partial charge in [0.2, 0.25) is 11.8 Å². The lowest BCUT2D eigenvalue weighted by Gasteiger charge is -2.39. The molecule has 0 saturated heterocycles. The first-order valence-corrected chi connectivity index (χ1v) is 16.5. The molecule has 0 aliphatic heterocycles. The Kier molecular flexibility index (Phi) is 9.85. The van der Waals surface area contributed by atoms with Gasteiger partial charge in [0.15, 0.2) is 5.16 Å². The van der Waals surface area contributed by atoms with Crippen molar-refractivity contribution < 1.29 is 14.3 Å². The van der Waals surface area contributed by atoms with Crippen molar-refractivity contribution in [2.24, 2.45) is 0 Å². The molecule has 2 aromatic carbocycles. The Balaban J connectivity index is 1.43. The molecule has 1 fully saturated rings. The van der Waals surface area contributed by atoms with Gasteiger partial charge >= 0.3 is 0 Å². The second kappa shape index (κ2) is 13.8. The first-order valence-electron chi connectivity index (χ1n) is 14.6. The fraction of sp³-hybridized carbons (Fsp3) is 0.364.